The molecular weight excluding hydrogens is 434 g/mol. The Morgan fingerprint density at radius 2 is 1.52 bits per heavy atom. The fraction of sp³-hybridized carbons (Fsp3) is 0.500. The van der Waals surface area contributed by atoms with E-state index in [1.165, 1.54) is 12.0 Å². The first kappa shape index (κ1) is 23.9. The van der Waals surface area contributed by atoms with Crippen LogP contribution in [-0.2, 0) is 27.8 Å². The molecule has 6 nitrogen and oxygen atoms in total. The van der Waals surface area contributed by atoms with Gasteiger partial charge in [-0.15, -0.1) is 0 Å². The number of sulfonamides is 1. The molecule has 1 aliphatic carbocycles. The molecule has 33 heavy (non-hydrogen) atoms. The van der Waals surface area contributed by atoms with Crippen LogP contribution < -0.4 is 4.72 Å². The van der Waals surface area contributed by atoms with Crippen LogP contribution in [0.2, 0.25) is 0 Å². The molecule has 2 aromatic carbocycles. The van der Waals surface area contributed by atoms with Gasteiger partial charge < -0.3 is 4.90 Å². The van der Waals surface area contributed by atoms with Gasteiger partial charge in [0.05, 0.1) is 4.90 Å². The number of benzene rings is 2. The molecule has 178 valence electrons. The van der Waals surface area contributed by atoms with Crippen LogP contribution >= 0.6 is 0 Å². The third-order valence-corrected chi connectivity index (χ3v) is 8.30. The van der Waals surface area contributed by atoms with Gasteiger partial charge in [0.15, 0.2) is 0 Å². The van der Waals surface area contributed by atoms with Gasteiger partial charge in [-0.3, -0.25) is 9.69 Å². The summed E-state index contributed by atoms with van der Waals surface area (Å²) in [5.74, 6) is 0.171. The summed E-state index contributed by atoms with van der Waals surface area (Å²) < 4.78 is 28.2. The summed E-state index contributed by atoms with van der Waals surface area (Å²) in [6, 6.07) is 17.5. The second-order valence-corrected chi connectivity index (χ2v) is 11.0. The smallest absolute Gasteiger partial charge is 0.240 e. The number of piperazine rings is 1. The molecule has 0 bridgehead atoms. The van der Waals surface area contributed by atoms with Crippen molar-refractivity contribution in [3.63, 3.8) is 0 Å². The molecule has 4 rings (SSSR count). The molecule has 1 N–H and O–H groups in total. The maximum absolute atomic E-state index is 12.7. The van der Waals surface area contributed by atoms with E-state index in [9.17, 15) is 13.2 Å². The van der Waals surface area contributed by atoms with Crippen LogP contribution in [0.4, 0.5) is 0 Å². The van der Waals surface area contributed by atoms with Gasteiger partial charge in [0.1, 0.15) is 0 Å². The predicted octanol–water partition coefficient (Wildman–Crippen LogP) is 3.57. The van der Waals surface area contributed by atoms with Gasteiger partial charge in [-0.05, 0) is 42.5 Å². The number of rotatable bonds is 8. The minimum atomic E-state index is -3.48. The zero-order valence-corrected chi connectivity index (χ0v) is 20.1. The highest BCUT2D eigenvalue weighted by Crippen LogP contribution is 2.20. The topological polar surface area (TPSA) is 69.7 Å². The maximum atomic E-state index is 12.7. The molecule has 1 amide bonds. The van der Waals surface area contributed by atoms with Crippen LogP contribution in [0.15, 0.2) is 59.5 Å². The lowest BCUT2D eigenvalue weighted by molar-refractivity contribution is -0.133. The lowest BCUT2D eigenvalue weighted by Crippen LogP contribution is -2.48. The average molecular weight is 470 g/mol. The summed E-state index contributed by atoms with van der Waals surface area (Å²) in [4.78, 5) is 17.3. The number of amides is 1. The highest BCUT2D eigenvalue weighted by atomic mass is 32.2. The van der Waals surface area contributed by atoms with Gasteiger partial charge >= 0.3 is 0 Å². The first-order valence-corrected chi connectivity index (χ1v) is 13.6. The second kappa shape index (κ2) is 11.3. The Bertz CT molecular complexity index is 995. The molecule has 0 radical (unpaired) electrons. The number of hydrogen-bond acceptors (Lipinski definition) is 4. The summed E-state index contributed by atoms with van der Waals surface area (Å²) in [5, 5.41) is 0. The van der Waals surface area contributed by atoms with Gasteiger partial charge in [0, 0.05) is 45.2 Å². The van der Waals surface area contributed by atoms with Crippen molar-refractivity contribution in [1.82, 2.24) is 14.5 Å². The Labute approximate surface area is 198 Å². The fourth-order valence-corrected chi connectivity index (χ4v) is 6.05. The first-order chi connectivity index (χ1) is 16.0. The SMILES string of the molecule is O=C(CCc1ccc(S(=O)(=O)NC2CCCCC2)cc1)N1CCN(Cc2ccccc2)CC1. The molecule has 0 atom stereocenters. The quantitative estimate of drug-likeness (QED) is 0.642. The van der Waals surface area contributed by atoms with E-state index in [4.69, 9.17) is 0 Å². The van der Waals surface area contributed by atoms with E-state index in [0.717, 1.165) is 64.0 Å². The number of hydrogen-bond donors (Lipinski definition) is 1. The van der Waals surface area contributed by atoms with E-state index in [1.54, 1.807) is 12.1 Å². The monoisotopic (exact) mass is 469 g/mol. The largest absolute Gasteiger partial charge is 0.340 e. The molecule has 1 aliphatic heterocycles. The molecule has 2 fully saturated rings. The highest BCUT2D eigenvalue weighted by Gasteiger charge is 2.23. The van der Waals surface area contributed by atoms with E-state index in [0.29, 0.717) is 17.7 Å². The van der Waals surface area contributed by atoms with Crippen molar-refractivity contribution in [2.75, 3.05) is 26.2 Å². The molecule has 7 heteroatoms. The lowest BCUT2D eigenvalue weighted by atomic mass is 9.96. The van der Waals surface area contributed by atoms with Crippen LogP contribution in [-0.4, -0.2) is 56.3 Å². The molecule has 0 aromatic heterocycles. The summed E-state index contributed by atoms with van der Waals surface area (Å²) >= 11 is 0. The normalized spacial score (nSPS) is 18.4. The van der Waals surface area contributed by atoms with Gasteiger partial charge in [0.2, 0.25) is 15.9 Å². The molecule has 1 saturated carbocycles. The van der Waals surface area contributed by atoms with E-state index in [-0.39, 0.29) is 11.9 Å². The van der Waals surface area contributed by atoms with Gasteiger partial charge in [-0.25, -0.2) is 13.1 Å². The van der Waals surface area contributed by atoms with E-state index >= 15 is 0 Å². The Balaban J connectivity index is 1.22. The van der Waals surface area contributed by atoms with Gasteiger partial charge in [-0.2, -0.15) is 0 Å². The standard InChI is InChI=1S/C26H35N3O3S/c30-26(29-19-17-28(18-20-29)21-23-7-3-1-4-8-23)16-13-22-11-14-25(15-12-22)33(31,32)27-24-9-5-2-6-10-24/h1,3-4,7-8,11-12,14-15,24,27H,2,5-6,9-10,13,16-21H2. The minimum Gasteiger partial charge on any atom is -0.340 e. The summed E-state index contributed by atoms with van der Waals surface area (Å²) in [6.07, 6.45) is 6.27. The van der Waals surface area contributed by atoms with Crippen molar-refractivity contribution in [1.29, 1.82) is 0 Å². The van der Waals surface area contributed by atoms with Crippen LogP contribution in [0, 0.1) is 0 Å². The molecule has 0 spiro atoms. The number of carbonyl (C=O) groups excluding carboxylic acids is 1. The molecule has 2 aromatic rings. The van der Waals surface area contributed by atoms with Gasteiger partial charge in [0.25, 0.3) is 0 Å². The van der Waals surface area contributed by atoms with Crippen LogP contribution in [0.3, 0.4) is 0 Å². The Kier molecular flexibility index (Phi) is 8.17. The number of nitrogens with zero attached hydrogens (tertiary/aromatic N) is 2. The van der Waals surface area contributed by atoms with Crippen molar-refractivity contribution in [3.8, 4) is 0 Å². The third kappa shape index (κ3) is 6.88. The van der Waals surface area contributed by atoms with E-state index < -0.39 is 10.0 Å². The van der Waals surface area contributed by atoms with Crippen LogP contribution in [0.1, 0.15) is 49.7 Å². The zero-order chi connectivity index (χ0) is 23.1. The minimum absolute atomic E-state index is 0.0502. The number of aryl methyl sites for hydroxylation is 1. The first-order valence-electron chi connectivity index (χ1n) is 12.1. The summed E-state index contributed by atoms with van der Waals surface area (Å²) in [5.41, 5.74) is 2.29. The van der Waals surface area contributed by atoms with Crippen LogP contribution in [0.5, 0.6) is 0 Å². The predicted molar refractivity (Wildman–Crippen MR) is 130 cm³/mol. The molecular formula is C26H35N3O3S. The van der Waals surface area contributed by atoms with Gasteiger partial charge in [-0.1, -0.05) is 61.7 Å². The number of carbonyl (C=O) groups is 1. The van der Waals surface area contributed by atoms with E-state index in [1.807, 2.05) is 23.1 Å². The van der Waals surface area contributed by atoms with Crippen molar-refractivity contribution in [3.05, 3.63) is 65.7 Å². The lowest BCUT2D eigenvalue weighted by Gasteiger charge is -2.34. The second-order valence-electron chi connectivity index (χ2n) is 9.24. The molecule has 0 unspecified atom stereocenters. The Morgan fingerprint density at radius 3 is 2.18 bits per heavy atom. The van der Waals surface area contributed by atoms with E-state index in [2.05, 4.69) is 33.9 Å². The van der Waals surface area contributed by atoms with Crippen LogP contribution in [0.25, 0.3) is 0 Å². The fourth-order valence-electron chi connectivity index (χ4n) is 4.75. The van der Waals surface area contributed by atoms with Crippen molar-refractivity contribution >= 4 is 15.9 Å². The average Bonchev–Trinajstić information content (AvgIpc) is 2.84. The van der Waals surface area contributed by atoms with Crippen molar-refractivity contribution in [2.45, 2.75) is 62.4 Å². The summed E-state index contributed by atoms with van der Waals surface area (Å²) in [6.45, 7) is 4.22. The van der Waals surface area contributed by atoms with Crippen molar-refractivity contribution < 1.29 is 13.2 Å². The molecule has 1 heterocycles. The molecule has 1 saturated heterocycles. The summed E-state index contributed by atoms with van der Waals surface area (Å²) in [7, 11) is -3.48. The highest BCUT2D eigenvalue weighted by molar-refractivity contribution is 7.89. The third-order valence-electron chi connectivity index (χ3n) is 6.76. The maximum Gasteiger partial charge on any atom is 0.240 e. The zero-order valence-electron chi connectivity index (χ0n) is 19.3. The number of nitrogens with one attached hydrogen (secondary N) is 1. The Morgan fingerprint density at radius 1 is 0.848 bits per heavy atom. The molecule has 2 aliphatic rings. The van der Waals surface area contributed by atoms with Crippen molar-refractivity contribution in [2.24, 2.45) is 0 Å². The Hall–Kier alpha value is -2.22.